The summed E-state index contributed by atoms with van der Waals surface area (Å²) in [6.07, 6.45) is 0. The number of nitrogens with zero attached hydrogens (tertiary/aromatic N) is 1. The lowest BCUT2D eigenvalue weighted by Gasteiger charge is -2.41. The number of hydrogen-bond donors (Lipinski definition) is 2. The molecule has 7 heteroatoms. The Morgan fingerprint density at radius 1 is 0.700 bits per heavy atom. The fraction of sp³-hybridized carbons (Fsp3) is 0.435. The largest absolute Gasteiger partial charge is 0.493 e. The highest BCUT2D eigenvalue weighted by Crippen LogP contribution is 2.42. The van der Waals surface area contributed by atoms with Gasteiger partial charge in [0.05, 0.1) is 34.2 Å². The summed E-state index contributed by atoms with van der Waals surface area (Å²) in [6, 6.07) is 11.6. The van der Waals surface area contributed by atoms with E-state index < -0.39 is 0 Å². The zero-order valence-corrected chi connectivity index (χ0v) is 18.3. The first-order chi connectivity index (χ1) is 14.5. The predicted octanol–water partition coefficient (Wildman–Crippen LogP) is 4.21. The first-order valence-corrected chi connectivity index (χ1v) is 9.90. The van der Waals surface area contributed by atoms with E-state index in [9.17, 15) is 5.21 Å². The standard InChI is InChI=1S/C23H30N2O5/c1-13-21(25-26)14(2)23(16-8-10-18(28-4)20(12-16)30-6)24-22(13)15-7-9-17(27-3)19(11-15)29-5/h7-14,22-24,26H,1-6H3/t13-,14+,22-,23-/m0/s1. The molecule has 1 saturated heterocycles. The second-order valence-electron chi connectivity index (χ2n) is 7.45. The second kappa shape index (κ2) is 9.26. The monoisotopic (exact) mass is 414 g/mol. The van der Waals surface area contributed by atoms with Crippen LogP contribution in [0.2, 0.25) is 0 Å². The lowest BCUT2D eigenvalue weighted by atomic mass is 9.75. The third-order valence-corrected chi connectivity index (χ3v) is 5.94. The first kappa shape index (κ1) is 21.8. The van der Waals surface area contributed by atoms with Gasteiger partial charge in [0.2, 0.25) is 0 Å². The molecular weight excluding hydrogens is 384 g/mol. The molecule has 0 aromatic heterocycles. The van der Waals surface area contributed by atoms with Crippen LogP contribution in [0.4, 0.5) is 0 Å². The van der Waals surface area contributed by atoms with Crippen molar-refractivity contribution in [1.29, 1.82) is 0 Å². The molecule has 0 amide bonds. The molecule has 0 saturated carbocycles. The van der Waals surface area contributed by atoms with Gasteiger partial charge in [-0.1, -0.05) is 31.1 Å². The summed E-state index contributed by atoms with van der Waals surface area (Å²) in [4.78, 5) is 0. The number of hydrogen-bond acceptors (Lipinski definition) is 7. The van der Waals surface area contributed by atoms with Crippen LogP contribution in [0.1, 0.15) is 37.1 Å². The number of rotatable bonds is 6. The van der Waals surface area contributed by atoms with Gasteiger partial charge in [-0.2, -0.15) is 0 Å². The van der Waals surface area contributed by atoms with Crippen molar-refractivity contribution in [2.45, 2.75) is 25.9 Å². The van der Waals surface area contributed by atoms with Crippen molar-refractivity contribution in [3.05, 3.63) is 47.5 Å². The molecule has 1 fully saturated rings. The summed E-state index contributed by atoms with van der Waals surface area (Å²) >= 11 is 0. The lowest BCUT2D eigenvalue weighted by Crippen LogP contribution is -2.46. The average Bonchev–Trinajstić information content (AvgIpc) is 2.78. The molecule has 4 atom stereocenters. The maximum Gasteiger partial charge on any atom is 0.161 e. The quantitative estimate of drug-likeness (QED) is 0.544. The zero-order chi connectivity index (χ0) is 21.8. The highest BCUT2D eigenvalue weighted by Gasteiger charge is 2.39. The molecule has 1 aliphatic rings. The summed E-state index contributed by atoms with van der Waals surface area (Å²) < 4.78 is 21.7. The van der Waals surface area contributed by atoms with Crippen molar-refractivity contribution < 1.29 is 24.2 Å². The van der Waals surface area contributed by atoms with Crippen LogP contribution in [0.15, 0.2) is 41.6 Å². The third-order valence-electron chi connectivity index (χ3n) is 5.94. The van der Waals surface area contributed by atoms with Crippen molar-refractivity contribution in [1.82, 2.24) is 5.32 Å². The summed E-state index contributed by atoms with van der Waals surface area (Å²) in [6.45, 7) is 4.12. The molecule has 2 N–H and O–H groups in total. The van der Waals surface area contributed by atoms with Gasteiger partial charge in [0.1, 0.15) is 0 Å². The van der Waals surface area contributed by atoms with Gasteiger partial charge in [-0.25, -0.2) is 0 Å². The molecule has 3 rings (SSSR count). The SMILES string of the molecule is COc1ccc([C@H]2N[C@H](c3ccc(OC)c(OC)c3)[C@@H](C)C(=NO)[C@H]2C)cc1OC. The van der Waals surface area contributed by atoms with Gasteiger partial charge in [-0.15, -0.1) is 0 Å². The van der Waals surface area contributed by atoms with Crippen LogP contribution in [-0.2, 0) is 0 Å². The van der Waals surface area contributed by atoms with Crippen molar-refractivity contribution in [3.8, 4) is 23.0 Å². The summed E-state index contributed by atoms with van der Waals surface area (Å²) in [5.41, 5.74) is 2.80. The fourth-order valence-electron chi connectivity index (χ4n) is 4.28. The molecular formula is C23H30N2O5. The van der Waals surface area contributed by atoms with Crippen LogP contribution < -0.4 is 24.3 Å². The molecule has 0 aliphatic carbocycles. The molecule has 0 spiro atoms. The number of methoxy groups -OCH3 is 4. The summed E-state index contributed by atoms with van der Waals surface area (Å²) in [7, 11) is 6.47. The first-order valence-electron chi connectivity index (χ1n) is 9.90. The number of oxime groups is 1. The minimum atomic E-state index is -0.0787. The van der Waals surface area contributed by atoms with E-state index >= 15 is 0 Å². The minimum Gasteiger partial charge on any atom is -0.493 e. The number of benzene rings is 2. The Balaban J connectivity index is 2.03. The van der Waals surface area contributed by atoms with Crippen LogP contribution >= 0.6 is 0 Å². The molecule has 0 unspecified atom stereocenters. The topological polar surface area (TPSA) is 81.5 Å². The predicted molar refractivity (Wildman–Crippen MR) is 115 cm³/mol. The van der Waals surface area contributed by atoms with Crippen LogP contribution in [0.5, 0.6) is 23.0 Å². The molecule has 1 heterocycles. The van der Waals surface area contributed by atoms with Crippen molar-refractivity contribution in [2.75, 3.05) is 28.4 Å². The number of piperidine rings is 1. The molecule has 2 aromatic carbocycles. The Hall–Kier alpha value is -2.93. The Bertz CT molecular complexity index is 845. The molecule has 30 heavy (non-hydrogen) atoms. The number of nitrogens with one attached hydrogen (secondary N) is 1. The normalized spacial score (nSPS) is 25.1. The van der Waals surface area contributed by atoms with Crippen molar-refractivity contribution in [2.24, 2.45) is 17.0 Å². The maximum absolute atomic E-state index is 9.80. The van der Waals surface area contributed by atoms with Crippen LogP contribution in [0.25, 0.3) is 0 Å². The van der Waals surface area contributed by atoms with Crippen molar-refractivity contribution in [3.63, 3.8) is 0 Å². The Kier molecular flexibility index (Phi) is 6.72. The third kappa shape index (κ3) is 3.89. The smallest absolute Gasteiger partial charge is 0.161 e. The van der Waals surface area contributed by atoms with E-state index in [1.807, 2.05) is 36.4 Å². The van der Waals surface area contributed by atoms with Gasteiger partial charge in [0.25, 0.3) is 0 Å². The van der Waals surface area contributed by atoms with E-state index in [4.69, 9.17) is 18.9 Å². The molecule has 0 bridgehead atoms. The zero-order valence-electron chi connectivity index (χ0n) is 18.3. The maximum atomic E-state index is 9.80. The Morgan fingerprint density at radius 3 is 1.43 bits per heavy atom. The van der Waals surface area contributed by atoms with E-state index in [1.54, 1.807) is 28.4 Å². The van der Waals surface area contributed by atoms with E-state index in [0.717, 1.165) is 16.8 Å². The molecule has 162 valence electrons. The lowest BCUT2D eigenvalue weighted by molar-refractivity contribution is 0.270. The van der Waals surface area contributed by atoms with Crippen LogP contribution in [0.3, 0.4) is 0 Å². The second-order valence-corrected chi connectivity index (χ2v) is 7.45. The minimum absolute atomic E-state index is 0.0144. The van der Waals surface area contributed by atoms with Gasteiger partial charge in [0, 0.05) is 23.9 Å². The average molecular weight is 415 g/mol. The fourth-order valence-corrected chi connectivity index (χ4v) is 4.28. The van der Waals surface area contributed by atoms with Gasteiger partial charge in [-0.3, -0.25) is 0 Å². The van der Waals surface area contributed by atoms with Gasteiger partial charge < -0.3 is 29.5 Å². The van der Waals surface area contributed by atoms with Crippen LogP contribution in [0, 0.1) is 11.8 Å². The Labute approximate surface area is 177 Å². The van der Waals surface area contributed by atoms with E-state index in [0.29, 0.717) is 23.0 Å². The summed E-state index contributed by atoms with van der Waals surface area (Å²) in [5.74, 6) is 2.63. The highest BCUT2D eigenvalue weighted by molar-refractivity contribution is 5.90. The van der Waals surface area contributed by atoms with Gasteiger partial charge >= 0.3 is 0 Å². The number of ether oxygens (including phenoxy) is 4. The van der Waals surface area contributed by atoms with Gasteiger partial charge in [-0.05, 0) is 35.4 Å². The highest BCUT2D eigenvalue weighted by atomic mass is 16.5. The molecule has 7 nitrogen and oxygen atoms in total. The molecule has 0 radical (unpaired) electrons. The van der Waals surface area contributed by atoms with E-state index in [-0.39, 0.29) is 23.9 Å². The molecule has 2 aromatic rings. The van der Waals surface area contributed by atoms with Crippen molar-refractivity contribution >= 4 is 5.71 Å². The Morgan fingerprint density at radius 2 is 1.10 bits per heavy atom. The summed E-state index contributed by atoms with van der Waals surface area (Å²) in [5, 5.41) is 17.2. The van der Waals surface area contributed by atoms with E-state index in [1.165, 1.54) is 0 Å². The van der Waals surface area contributed by atoms with Gasteiger partial charge in [0.15, 0.2) is 23.0 Å². The molecule has 1 aliphatic heterocycles. The van der Waals surface area contributed by atoms with E-state index in [2.05, 4.69) is 24.3 Å². The van der Waals surface area contributed by atoms with Crippen LogP contribution in [-0.4, -0.2) is 39.4 Å².